The van der Waals surface area contributed by atoms with Gasteiger partial charge in [-0.3, -0.25) is 4.79 Å². The smallest absolute Gasteiger partial charge is 0.254 e. The maximum Gasteiger partial charge on any atom is 0.254 e. The highest BCUT2D eigenvalue weighted by molar-refractivity contribution is 5.99. The van der Waals surface area contributed by atoms with E-state index in [1.54, 1.807) is 0 Å². The van der Waals surface area contributed by atoms with Crippen molar-refractivity contribution < 1.29 is 4.79 Å². The first-order valence-corrected chi connectivity index (χ1v) is 9.72. The molecule has 2 aliphatic rings. The molecule has 26 heavy (non-hydrogen) atoms. The van der Waals surface area contributed by atoms with Crippen molar-refractivity contribution >= 4 is 16.8 Å². The maximum atomic E-state index is 13.3. The second-order valence-corrected chi connectivity index (χ2v) is 9.96. The van der Waals surface area contributed by atoms with Gasteiger partial charge in [-0.05, 0) is 61.9 Å². The predicted octanol–water partition coefficient (Wildman–Crippen LogP) is 4.27. The quantitative estimate of drug-likeness (QED) is 0.895. The molecule has 4 heteroatoms. The van der Waals surface area contributed by atoms with Gasteiger partial charge >= 0.3 is 0 Å². The molecular weight excluding hydrogens is 322 g/mol. The van der Waals surface area contributed by atoms with Crippen LogP contribution in [0.2, 0.25) is 0 Å². The molecule has 1 saturated carbocycles. The van der Waals surface area contributed by atoms with Crippen LogP contribution in [0, 0.1) is 10.8 Å². The van der Waals surface area contributed by atoms with Gasteiger partial charge in [-0.2, -0.15) is 0 Å². The van der Waals surface area contributed by atoms with Gasteiger partial charge in [-0.25, -0.2) is 0 Å². The van der Waals surface area contributed by atoms with E-state index in [4.69, 9.17) is 0 Å². The van der Waals surface area contributed by atoms with Crippen LogP contribution < -0.4 is 0 Å². The fourth-order valence-electron chi connectivity index (χ4n) is 5.65. The summed E-state index contributed by atoms with van der Waals surface area (Å²) in [5.74, 6) is 0.196. The number of likely N-dealkylation sites (tertiary alicyclic amines) is 1. The zero-order chi connectivity index (χ0) is 18.7. The van der Waals surface area contributed by atoms with E-state index in [2.05, 4.69) is 61.9 Å². The molecule has 1 aliphatic heterocycles. The normalized spacial score (nSPS) is 27.5. The van der Waals surface area contributed by atoms with Gasteiger partial charge in [0.15, 0.2) is 0 Å². The molecule has 4 rings (SSSR count). The average molecular weight is 354 g/mol. The van der Waals surface area contributed by atoms with Gasteiger partial charge in [0.25, 0.3) is 5.91 Å². The Morgan fingerprint density at radius 2 is 2.04 bits per heavy atom. The largest absolute Gasteiger partial charge is 0.361 e. The molecule has 0 spiro atoms. The van der Waals surface area contributed by atoms with Crippen LogP contribution in [0.5, 0.6) is 0 Å². The highest BCUT2D eigenvalue weighted by Gasteiger charge is 2.51. The van der Waals surface area contributed by atoms with Crippen molar-refractivity contribution in [1.82, 2.24) is 14.8 Å². The average Bonchev–Trinajstić information content (AvgIpc) is 3.02. The third-order valence-electron chi connectivity index (χ3n) is 6.18. The van der Waals surface area contributed by atoms with Crippen molar-refractivity contribution in [2.24, 2.45) is 10.8 Å². The number of hydrogen-bond acceptors (Lipinski definition) is 2. The Morgan fingerprint density at radius 3 is 2.77 bits per heavy atom. The van der Waals surface area contributed by atoms with Gasteiger partial charge in [0.05, 0.1) is 0 Å². The topological polar surface area (TPSA) is 39.3 Å². The molecule has 2 unspecified atom stereocenters. The number of aromatic nitrogens is 1. The second kappa shape index (κ2) is 5.85. The number of amides is 1. The number of nitrogens with zero attached hydrogens (tertiary/aromatic N) is 2. The molecule has 1 aromatic carbocycles. The fraction of sp³-hybridized carbons (Fsp3) is 0.591. The molecule has 2 bridgehead atoms. The zero-order valence-corrected chi connectivity index (χ0v) is 16.7. The number of H-pyrrole nitrogens is 1. The lowest BCUT2D eigenvalue weighted by Crippen LogP contribution is -2.37. The Kier molecular flexibility index (Phi) is 3.96. The minimum absolute atomic E-state index is 0.196. The van der Waals surface area contributed by atoms with Gasteiger partial charge in [0, 0.05) is 41.8 Å². The van der Waals surface area contributed by atoms with E-state index in [1.165, 1.54) is 17.4 Å². The molecule has 2 aromatic rings. The molecule has 2 fully saturated rings. The van der Waals surface area contributed by atoms with Crippen LogP contribution in [-0.4, -0.2) is 47.4 Å². The van der Waals surface area contributed by atoms with E-state index in [9.17, 15) is 4.79 Å². The monoisotopic (exact) mass is 353 g/mol. The lowest BCUT2D eigenvalue weighted by atomic mass is 9.65. The number of carbonyl (C=O) groups excluding carboxylic acids is 1. The standard InChI is InChI=1S/C22H31N3O/c1-21(2)9-17-10-22(3,13-21)14-25(17)20(26)15-6-7-18-16(12-24(4)5)11-23-19(18)8-15/h6-8,11,17,23H,9-10,12-14H2,1-5H3. The summed E-state index contributed by atoms with van der Waals surface area (Å²) in [7, 11) is 4.15. The molecule has 140 valence electrons. The summed E-state index contributed by atoms with van der Waals surface area (Å²) < 4.78 is 0. The van der Waals surface area contributed by atoms with Gasteiger partial charge in [-0.1, -0.05) is 26.8 Å². The van der Waals surface area contributed by atoms with Crippen LogP contribution in [-0.2, 0) is 6.54 Å². The van der Waals surface area contributed by atoms with Crippen molar-refractivity contribution in [3.8, 4) is 0 Å². The number of fused-ring (bicyclic) bond motifs is 3. The second-order valence-electron chi connectivity index (χ2n) is 9.96. The molecule has 0 radical (unpaired) electrons. The first-order chi connectivity index (χ1) is 12.2. The molecule has 1 aliphatic carbocycles. The number of rotatable bonds is 3. The molecule has 1 saturated heterocycles. The minimum Gasteiger partial charge on any atom is -0.361 e. The summed E-state index contributed by atoms with van der Waals surface area (Å²) in [6.45, 7) is 8.85. The Morgan fingerprint density at radius 1 is 1.27 bits per heavy atom. The first-order valence-electron chi connectivity index (χ1n) is 9.72. The Hall–Kier alpha value is -1.81. The van der Waals surface area contributed by atoms with Gasteiger partial charge in [0.1, 0.15) is 0 Å². The number of carbonyl (C=O) groups is 1. The lowest BCUT2D eigenvalue weighted by molar-refractivity contribution is 0.0708. The van der Waals surface area contributed by atoms with Gasteiger partial charge in [0.2, 0.25) is 0 Å². The third-order valence-corrected chi connectivity index (χ3v) is 6.18. The van der Waals surface area contributed by atoms with E-state index in [-0.39, 0.29) is 11.3 Å². The fourth-order valence-corrected chi connectivity index (χ4v) is 5.65. The highest BCUT2D eigenvalue weighted by atomic mass is 16.2. The van der Waals surface area contributed by atoms with E-state index < -0.39 is 0 Å². The van der Waals surface area contributed by atoms with E-state index in [0.29, 0.717) is 11.5 Å². The van der Waals surface area contributed by atoms with Crippen LogP contribution in [0.25, 0.3) is 10.9 Å². The Labute approximate surface area is 156 Å². The van der Waals surface area contributed by atoms with E-state index in [0.717, 1.165) is 37.0 Å². The van der Waals surface area contributed by atoms with Crippen molar-refractivity contribution in [3.63, 3.8) is 0 Å². The van der Waals surface area contributed by atoms with E-state index >= 15 is 0 Å². The van der Waals surface area contributed by atoms with Crippen LogP contribution in [0.15, 0.2) is 24.4 Å². The van der Waals surface area contributed by atoms with Crippen molar-refractivity contribution in [2.45, 2.75) is 52.6 Å². The van der Waals surface area contributed by atoms with Gasteiger partial charge in [-0.15, -0.1) is 0 Å². The lowest BCUT2D eigenvalue weighted by Gasteiger charge is -2.39. The number of hydrogen-bond donors (Lipinski definition) is 1. The highest BCUT2D eigenvalue weighted by Crippen LogP contribution is 2.52. The molecule has 2 atom stereocenters. The molecule has 1 aromatic heterocycles. The zero-order valence-electron chi connectivity index (χ0n) is 16.7. The summed E-state index contributed by atoms with van der Waals surface area (Å²) in [6, 6.07) is 6.53. The molecular formula is C22H31N3O. The third kappa shape index (κ3) is 3.05. The summed E-state index contributed by atoms with van der Waals surface area (Å²) in [4.78, 5) is 20.9. The molecule has 2 heterocycles. The van der Waals surface area contributed by atoms with Crippen molar-refractivity contribution in [1.29, 1.82) is 0 Å². The minimum atomic E-state index is 0.196. The van der Waals surface area contributed by atoms with E-state index in [1.807, 2.05) is 12.1 Å². The molecule has 4 nitrogen and oxygen atoms in total. The Bertz CT molecular complexity index is 850. The van der Waals surface area contributed by atoms with Gasteiger partial charge < -0.3 is 14.8 Å². The first kappa shape index (κ1) is 17.6. The van der Waals surface area contributed by atoms with Crippen molar-refractivity contribution in [2.75, 3.05) is 20.6 Å². The van der Waals surface area contributed by atoms with Crippen LogP contribution in [0.3, 0.4) is 0 Å². The Balaban J connectivity index is 1.61. The SMILES string of the molecule is CN(C)Cc1c[nH]c2cc(C(=O)N3CC4(C)CC3CC(C)(C)C4)ccc12. The predicted molar refractivity (Wildman–Crippen MR) is 106 cm³/mol. The van der Waals surface area contributed by atoms with Crippen LogP contribution in [0.4, 0.5) is 0 Å². The molecule has 1 N–H and O–H groups in total. The summed E-state index contributed by atoms with van der Waals surface area (Å²) in [5.41, 5.74) is 3.75. The maximum absolute atomic E-state index is 13.3. The molecule has 1 amide bonds. The van der Waals surface area contributed by atoms with Crippen LogP contribution >= 0.6 is 0 Å². The number of aromatic amines is 1. The van der Waals surface area contributed by atoms with Crippen LogP contribution in [0.1, 0.15) is 56.0 Å². The number of benzene rings is 1. The summed E-state index contributed by atoms with van der Waals surface area (Å²) in [5, 5.41) is 1.21. The number of nitrogens with one attached hydrogen (secondary N) is 1. The summed E-state index contributed by atoms with van der Waals surface area (Å²) in [6.07, 6.45) is 5.54. The van der Waals surface area contributed by atoms with Crippen molar-refractivity contribution in [3.05, 3.63) is 35.5 Å². The summed E-state index contributed by atoms with van der Waals surface area (Å²) >= 11 is 0.